The second kappa shape index (κ2) is 5.60. The van der Waals surface area contributed by atoms with E-state index in [0.717, 1.165) is 12.8 Å². The minimum atomic E-state index is -0.629. The van der Waals surface area contributed by atoms with Gasteiger partial charge in [0.1, 0.15) is 23.4 Å². The van der Waals surface area contributed by atoms with Crippen LogP contribution in [0.3, 0.4) is 0 Å². The summed E-state index contributed by atoms with van der Waals surface area (Å²) in [4.78, 5) is 12.8. The Hall–Kier alpha value is -1.69. The van der Waals surface area contributed by atoms with Crippen molar-refractivity contribution in [2.75, 3.05) is 11.4 Å². The lowest BCUT2D eigenvalue weighted by atomic mass is 10.1. The molecule has 21 heavy (non-hydrogen) atoms. The number of nitrogens with two attached hydrogens (primary N) is 1. The van der Waals surface area contributed by atoms with E-state index in [2.05, 4.69) is 5.32 Å². The topological polar surface area (TPSA) is 58.4 Å². The van der Waals surface area contributed by atoms with E-state index in [0.29, 0.717) is 37.5 Å². The predicted molar refractivity (Wildman–Crippen MR) is 75.8 cm³/mol. The van der Waals surface area contributed by atoms with Crippen molar-refractivity contribution in [2.24, 2.45) is 5.73 Å². The number of carbonyl (C=O) groups excluding carboxylic acids is 1. The van der Waals surface area contributed by atoms with Crippen LogP contribution in [0, 0.1) is 11.6 Å². The Morgan fingerprint density at radius 3 is 2.52 bits per heavy atom. The van der Waals surface area contributed by atoms with Crippen molar-refractivity contribution in [1.82, 2.24) is 5.32 Å². The average molecular weight is 295 g/mol. The highest BCUT2D eigenvalue weighted by atomic mass is 19.1. The zero-order valence-corrected chi connectivity index (χ0v) is 11.7. The standard InChI is InChI=1S/C15H19F2N3O/c16-11-6-9(8-19-10-3-4-10)7-12(17)14(11)20-5-1-2-13(20)15(18)21/h6-7,10,13,19H,1-5,8H2,(H2,18,21). The molecule has 1 unspecified atom stereocenters. The summed E-state index contributed by atoms with van der Waals surface area (Å²) in [5.74, 6) is -1.79. The molecule has 3 N–H and O–H groups in total. The summed E-state index contributed by atoms with van der Waals surface area (Å²) in [5, 5.41) is 3.22. The minimum Gasteiger partial charge on any atom is -0.368 e. The number of primary amides is 1. The third kappa shape index (κ3) is 3.00. The summed E-state index contributed by atoms with van der Waals surface area (Å²) in [6.45, 7) is 0.902. The largest absolute Gasteiger partial charge is 0.368 e. The number of hydrogen-bond acceptors (Lipinski definition) is 3. The van der Waals surface area contributed by atoms with Crippen molar-refractivity contribution in [2.45, 2.75) is 44.3 Å². The molecule has 0 radical (unpaired) electrons. The van der Waals surface area contributed by atoms with Gasteiger partial charge >= 0.3 is 0 Å². The number of nitrogens with zero attached hydrogens (tertiary/aromatic N) is 1. The molecule has 0 aromatic heterocycles. The predicted octanol–water partition coefficient (Wildman–Crippen LogP) is 1.67. The van der Waals surface area contributed by atoms with Gasteiger partial charge in [0.2, 0.25) is 5.91 Å². The van der Waals surface area contributed by atoms with E-state index in [1.165, 1.54) is 17.0 Å². The summed E-state index contributed by atoms with van der Waals surface area (Å²) >= 11 is 0. The fraction of sp³-hybridized carbons (Fsp3) is 0.533. The third-order valence-electron chi connectivity index (χ3n) is 4.12. The maximum absolute atomic E-state index is 14.3. The number of benzene rings is 1. The van der Waals surface area contributed by atoms with E-state index in [-0.39, 0.29) is 5.69 Å². The van der Waals surface area contributed by atoms with Crippen molar-refractivity contribution < 1.29 is 13.6 Å². The van der Waals surface area contributed by atoms with Crippen LogP contribution in [0.25, 0.3) is 0 Å². The van der Waals surface area contributed by atoms with Crippen LogP contribution in [-0.2, 0) is 11.3 Å². The molecular weight excluding hydrogens is 276 g/mol. The summed E-state index contributed by atoms with van der Waals surface area (Å²) in [7, 11) is 0. The van der Waals surface area contributed by atoms with Gasteiger partial charge in [0.05, 0.1) is 0 Å². The summed E-state index contributed by atoms with van der Waals surface area (Å²) in [6.07, 6.45) is 3.49. The van der Waals surface area contributed by atoms with Crippen molar-refractivity contribution in [1.29, 1.82) is 0 Å². The van der Waals surface area contributed by atoms with Gasteiger partial charge in [-0.2, -0.15) is 0 Å². The first-order chi connectivity index (χ1) is 10.1. The highest BCUT2D eigenvalue weighted by Gasteiger charge is 2.32. The number of anilines is 1. The quantitative estimate of drug-likeness (QED) is 0.869. The summed E-state index contributed by atoms with van der Waals surface area (Å²) in [6, 6.07) is 2.53. The van der Waals surface area contributed by atoms with Crippen molar-refractivity contribution in [3.63, 3.8) is 0 Å². The molecule has 1 amide bonds. The number of rotatable bonds is 5. The normalized spacial score (nSPS) is 21.8. The van der Waals surface area contributed by atoms with Crippen molar-refractivity contribution in [3.8, 4) is 0 Å². The van der Waals surface area contributed by atoms with Crippen LogP contribution in [0.2, 0.25) is 0 Å². The van der Waals surface area contributed by atoms with Gasteiger partial charge in [-0.1, -0.05) is 0 Å². The SMILES string of the molecule is NC(=O)C1CCCN1c1c(F)cc(CNC2CC2)cc1F. The van der Waals surface area contributed by atoms with Crippen LogP contribution in [0.4, 0.5) is 14.5 Å². The molecule has 1 aromatic carbocycles. The van der Waals surface area contributed by atoms with E-state index in [9.17, 15) is 13.6 Å². The molecule has 6 heteroatoms. The molecule has 1 aliphatic heterocycles. The molecule has 1 heterocycles. The van der Waals surface area contributed by atoms with Gasteiger partial charge in [-0.05, 0) is 43.4 Å². The van der Waals surface area contributed by atoms with Gasteiger partial charge in [0.25, 0.3) is 0 Å². The van der Waals surface area contributed by atoms with Gasteiger partial charge < -0.3 is 16.0 Å². The number of halogens is 2. The Labute approximate surface area is 122 Å². The van der Waals surface area contributed by atoms with E-state index < -0.39 is 23.6 Å². The van der Waals surface area contributed by atoms with E-state index >= 15 is 0 Å². The lowest BCUT2D eigenvalue weighted by molar-refractivity contribution is -0.119. The van der Waals surface area contributed by atoms with Crippen LogP contribution >= 0.6 is 0 Å². The number of amides is 1. The monoisotopic (exact) mass is 295 g/mol. The van der Waals surface area contributed by atoms with Crippen LogP contribution in [-0.4, -0.2) is 24.5 Å². The molecule has 3 rings (SSSR count). The maximum atomic E-state index is 14.3. The van der Waals surface area contributed by atoms with Gasteiger partial charge in [-0.3, -0.25) is 4.79 Å². The molecule has 1 saturated heterocycles. The summed E-state index contributed by atoms with van der Waals surface area (Å²) < 4.78 is 28.6. The Bertz CT molecular complexity index is 537. The minimum absolute atomic E-state index is 0.133. The van der Waals surface area contributed by atoms with E-state index in [1.54, 1.807) is 0 Å². The van der Waals surface area contributed by atoms with Crippen molar-refractivity contribution >= 4 is 11.6 Å². The first-order valence-corrected chi connectivity index (χ1v) is 7.33. The molecule has 1 aliphatic carbocycles. The summed E-state index contributed by atoms with van der Waals surface area (Å²) in [5.41, 5.74) is 5.75. The smallest absolute Gasteiger partial charge is 0.240 e. The lowest BCUT2D eigenvalue weighted by Gasteiger charge is -2.25. The Morgan fingerprint density at radius 2 is 1.95 bits per heavy atom. The molecule has 1 saturated carbocycles. The van der Waals surface area contributed by atoms with Crippen LogP contribution in [0.5, 0.6) is 0 Å². The molecule has 2 aliphatic rings. The molecule has 0 bridgehead atoms. The van der Waals surface area contributed by atoms with Crippen LogP contribution < -0.4 is 16.0 Å². The molecule has 0 spiro atoms. The third-order valence-corrected chi connectivity index (χ3v) is 4.12. The molecule has 2 fully saturated rings. The first-order valence-electron chi connectivity index (χ1n) is 7.33. The molecule has 114 valence electrons. The maximum Gasteiger partial charge on any atom is 0.240 e. The number of hydrogen-bond donors (Lipinski definition) is 2. The van der Waals surface area contributed by atoms with Crippen LogP contribution in [0.15, 0.2) is 12.1 Å². The van der Waals surface area contributed by atoms with Gasteiger partial charge in [0.15, 0.2) is 0 Å². The molecule has 4 nitrogen and oxygen atoms in total. The Kier molecular flexibility index (Phi) is 3.80. The molecule has 1 aromatic rings. The molecule has 1 atom stereocenters. The Balaban J connectivity index is 1.82. The number of nitrogens with one attached hydrogen (secondary N) is 1. The van der Waals surface area contributed by atoms with E-state index in [4.69, 9.17) is 5.73 Å². The lowest BCUT2D eigenvalue weighted by Crippen LogP contribution is -2.41. The van der Waals surface area contributed by atoms with Crippen molar-refractivity contribution in [3.05, 3.63) is 29.3 Å². The number of carbonyl (C=O) groups is 1. The highest BCUT2D eigenvalue weighted by Crippen LogP contribution is 2.31. The molecular formula is C15H19F2N3O. The highest BCUT2D eigenvalue weighted by molar-refractivity contribution is 5.84. The fourth-order valence-corrected chi connectivity index (χ4v) is 2.87. The zero-order valence-electron chi connectivity index (χ0n) is 11.7. The zero-order chi connectivity index (χ0) is 15.0. The fourth-order valence-electron chi connectivity index (χ4n) is 2.87. The van der Waals surface area contributed by atoms with Gasteiger partial charge in [-0.25, -0.2) is 8.78 Å². The van der Waals surface area contributed by atoms with Crippen LogP contribution in [0.1, 0.15) is 31.2 Å². The first kappa shape index (κ1) is 14.3. The van der Waals surface area contributed by atoms with Gasteiger partial charge in [-0.15, -0.1) is 0 Å². The van der Waals surface area contributed by atoms with E-state index in [1.807, 2.05) is 0 Å². The van der Waals surface area contributed by atoms with Gasteiger partial charge in [0, 0.05) is 19.1 Å². The average Bonchev–Trinajstić information content (AvgIpc) is 3.12. The second-order valence-corrected chi connectivity index (χ2v) is 5.82. The Morgan fingerprint density at radius 1 is 1.29 bits per heavy atom. The second-order valence-electron chi connectivity index (χ2n) is 5.82.